The average Bonchev–Trinajstić information content (AvgIpc) is 2.33. The summed E-state index contributed by atoms with van der Waals surface area (Å²) in [7, 11) is 1.48. The Hall–Kier alpha value is -1.63. The molecule has 0 aliphatic rings. The van der Waals surface area contributed by atoms with Crippen molar-refractivity contribution >= 4 is 5.91 Å². The molecule has 0 radical (unpaired) electrons. The molecule has 0 heterocycles. The molecule has 0 spiro atoms. The Balaban J connectivity index is 2.81. The normalized spacial score (nSPS) is 11.4. The van der Waals surface area contributed by atoms with Crippen molar-refractivity contribution < 1.29 is 27.1 Å². The molecule has 0 atom stereocenters. The lowest BCUT2D eigenvalue weighted by Crippen LogP contribution is -2.27. The van der Waals surface area contributed by atoms with Crippen LogP contribution in [-0.2, 0) is 10.9 Å². The van der Waals surface area contributed by atoms with Crippen LogP contribution < -0.4 is 5.32 Å². The zero-order valence-corrected chi connectivity index (χ0v) is 10.2. The molecule has 1 amide bonds. The minimum absolute atomic E-state index is 0.197. The van der Waals surface area contributed by atoms with E-state index in [4.69, 9.17) is 4.74 Å². The highest BCUT2D eigenvalue weighted by Crippen LogP contribution is 2.32. The second-order valence-electron chi connectivity index (χ2n) is 3.77. The van der Waals surface area contributed by atoms with Gasteiger partial charge in [-0.1, -0.05) is 6.07 Å². The van der Waals surface area contributed by atoms with Crippen molar-refractivity contribution in [3.63, 3.8) is 0 Å². The van der Waals surface area contributed by atoms with Crippen LogP contribution in [0.25, 0.3) is 0 Å². The van der Waals surface area contributed by atoms with Crippen molar-refractivity contribution in [1.82, 2.24) is 5.32 Å². The Morgan fingerprint density at radius 2 is 2.05 bits per heavy atom. The zero-order valence-electron chi connectivity index (χ0n) is 10.2. The molecule has 0 fully saturated rings. The van der Waals surface area contributed by atoms with Crippen molar-refractivity contribution in [2.45, 2.75) is 12.6 Å². The van der Waals surface area contributed by atoms with Gasteiger partial charge >= 0.3 is 6.18 Å². The quantitative estimate of drug-likeness (QED) is 0.664. The third-order valence-electron chi connectivity index (χ3n) is 2.36. The number of hydrogen-bond acceptors (Lipinski definition) is 2. The number of carbonyl (C=O) groups is 1. The maximum atomic E-state index is 13.6. The number of alkyl halides is 3. The van der Waals surface area contributed by atoms with E-state index < -0.39 is 29.0 Å². The Morgan fingerprint density at radius 1 is 1.37 bits per heavy atom. The lowest BCUT2D eigenvalue weighted by Gasteiger charge is -2.11. The number of benzene rings is 1. The number of carbonyl (C=O) groups excluding carboxylic acids is 1. The average molecular weight is 279 g/mol. The topological polar surface area (TPSA) is 38.3 Å². The van der Waals surface area contributed by atoms with Gasteiger partial charge in [-0.15, -0.1) is 0 Å². The van der Waals surface area contributed by atoms with Crippen LogP contribution in [0.15, 0.2) is 18.2 Å². The zero-order chi connectivity index (χ0) is 14.5. The van der Waals surface area contributed by atoms with E-state index in [0.717, 1.165) is 12.1 Å². The predicted octanol–water partition coefficient (Wildman–Crippen LogP) is 2.61. The van der Waals surface area contributed by atoms with Gasteiger partial charge in [0.05, 0.1) is 11.1 Å². The molecule has 0 unspecified atom stereocenters. The van der Waals surface area contributed by atoms with Crippen LogP contribution in [0.3, 0.4) is 0 Å². The van der Waals surface area contributed by atoms with Crippen LogP contribution in [0.2, 0.25) is 0 Å². The monoisotopic (exact) mass is 279 g/mol. The standard InChI is InChI=1S/C12H13F4NO2/c1-19-7-3-6-17-11(18)8-4-2-5-9(10(8)13)12(14,15)16/h2,4-5H,3,6-7H2,1H3,(H,17,18). The molecule has 0 saturated carbocycles. The van der Waals surface area contributed by atoms with Gasteiger partial charge < -0.3 is 10.1 Å². The molecule has 7 heteroatoms. The minimum atomic E-state index is -4.82. The highest BCUT2D eigenvalue weighted by molar-refractivity contribution is 5.94. The highest BCUT2D eigenvalue weighted by atomic mass is 19.4. The number of nitrogens with one attached hydrogen (secondary N) is 1. The van der Waals surface area contributed by atoms with Gasteiger partial charge in [0.1, 0.15) is 5.82 Å². The van der Waals surface area contributed by atoms with Gasteiger partial charge in [0.2, 0.25) is 0 Å². The minimum Gasteiger partial charge on any atom is -0.385 e. The Morgan fingerprint density at radius 3 is 2.63 bits per heavy atom. The first-order chi connectivity index (χ1) is 8.88. The van der Waals surface area contributed by atoms with E-state index in [1.54, 1.807) is 0 Å². The molecule has 1 aromatic rings. The number of methoxy groups -OCH3 is 1. The van der Waals surface area contributed by atoms with E-state index in [-0.39, 0.29) is 6.54 Å². The summed E-state index contributed by atoms with van der Waals surface area (Å²) in [5, 5.41) is 2.33. The van der Waals surface area contributed by atoms with E-state index >= 15 is 0 Å². The molecule has 0 aromatic heterocycles. The number of hydrogen-bond donors (Lipinski definition) is 1. The van der Waals surface area contributed by atoms with Gasteiger partial charge in [0.15, 0.2) is 0 Å². The first-order valence-corrected chi connectivity index (χ1v) is 5.50. The van der Waals surface area contributed by atoms with Gasteiger partial charge in [0.25, 0.3) is 5.91 Å². The van der Waals surface area contributed by atoms with Gasteiger partial charge in [-0.05, 0) is 18.6 Å². The molecule has 1 aromatic carbocycles. The van der Waals surface area contributed by atoms with Crippen LogP contribution in [0, 0.1) is 5.82 Å². The highest BCUT2D eigenvalue weighted by Gasteiger charge is 2.35. The van der Waals surface area contributed by atoms with Gasteiger partial charge in [0, 0.05) is 20.3 Å². The smallest absolute Gasteiger partial charge is 0.385 e. The lowest BCUT2D eigenvalue weighted by molar-refractivity contribution is -0.140. The fourth-order valence-electron chi connectivity index (χ4n) is 1.44. The first kappa shape index (κ1) is 15.4. The first-order valence-electron chi connectivity index (χ1n) is 5.50. The Kier molecular flexibility index (Phi) is 5.29. The Labute approximate surface area is 107 Å². The largest absolute Gasteiger partial charge is 0.419 e. The maximum absolute atomic E-state index is 13.6. The summed E-state index contributed by atoms with van der Waals surface area (Å²) in [6.45, 7) is 0.591. The fraction of sp³-hybridized carbons (Fsp3) is 0.417. The molecule has 3 nitrogen and oxygen atoms in total. The van der Waals surface area contributed by atoms with Crippen molar-refractivity contribution in [3.8, 4) is 0 Å². The van der Waals surface area contributed by atoms with E-state index in [2.05, 4.69) is 5.32 Å². The lowest BCUT2D eigenvalue weighted by atomic mass is 10.1. The van der Waals surface area contributed by atoms with Crippen molar-refractivity contribution in [1.29, 1.82) is 0 Å². The SMILES string of the molecule is COCCCNC(=O)c1cccc(C(F)(F)F)c1F. The summed E-state index contributed by atoms with van der Waals surface area (Å²) in [6.07, 6.45) is -4.33. The molecule has 1 rings (SSSR count). The number of ether oxygens (including phenoxy) is 1. The van der Waals surface area contributed by atoms with Gasteiger partial charge in [-0.2, -0.15) is 13.2 Å². The number of rotatable bonds is 5. The van der Waals surface area contributed by atoms with E-state index in [1.165, 1.54) is 7.11 Å². The van der Waals surface area contributed by atoms with E-state index in [9.17, 15) is 22.4 Å². The Bertz CT molecular complexity index is 446. The summed E-state index contributed by atoms with van der Waals surface area (Å²) in [5.41, 5.74) is -2.07. The maximum Gasteiger partial charge on any atom is 0.419 e. The van der Waals surface area contributed by atoms with Crippen LogP contribution in [-0.4, -0.2) is 26.2 Å². The van der Waals surface area contributed by atoms with Crippen LogP contribution in [0.4, 0.5) is 17.6 Å². The molecule has 106 valence electrons. The molecule has 0 aliphatic carbocycles. The second kappa shape index (κ2) is 6.51. The van der Waals surface area contributed by atoms with Crippen LogP contribution >= 0.6 is 0 Å². The van der Waals surface area contributed by atoms with E-state index in [0.29, 0.717) is 19.1 Å². The summed E-state index contributed by atoms with van der Waals surface area (Å²) in [4.78, 5) is 11.5. The molecular weight excluding hydrogens is 266 g/mol. The summed E-state index contributed by atoms with van der Waals surface area (Å²) >= 11 is 0. The third-order valence-corrected chi connectivity index (χ3v) is 2.36. The molecule has 0 saturated heterocycles. The van der Waals surface area contributed by atoms with Crippen LogP contribution in [0.5, 0.6) is 0 Å². The molecule has 0 bridgehead atoms. The van der Waals surface area contributed by atoms with E-state index in [1.807, 2.05) is 0 Å². The van der Waals surface area contributed by atoms with Gasteiger partial charge in [-0.3, -0.25) is 4.79 Å². The van der Waals surface area contributed by atoms with Crippen molar-refractivity contribution in [2.24, 2.45) is 0 Å². The summed E-state index contributed by atoms with van der Waals surface area (Å²) < 4.78 is 55.7. The number of amides is 1. The number of halogens is 4. The molecular formula is C12H13F4NO2. The molecule has 0 aliphatic heterocycles. The second-order valence-corrected chi connectivity index (χ2v) is 3.77. The molecule has 19 heavy (non-hydrogen) atoms. The predicted molar refractivity (Wildman–Crippen MR) is 60.2 cm³/mol. The summed E-state index contributed by atoms with van der Waals surface area (Å²) in [5.74, 6) is -2.43. The third kappa shape index (κ3) is 4.20. The van der Waals surface area contributed by atoms with Crippen molar-refractivity contribution in [3.05, 3.63) is 35.1 Å². The van der Waals surface area contributed by atoms with Crippen LogP contribution in [0.1, 0.15) is 22.3 Å². The summed E-state index contributed by atoms with van der Waals surface area (Å²) in [6, 6.07) is 2.60. The van der Waals surface area contributed by atoms with Gasteiger partial charge in [-0.25, -0.2) is 4.39 Å². The van der Waals surface area contributed by atoms with Crippen molar-refractivity contribution in [2.75, 3.05) is 20.3 Å². The molecule has 1 N–H and O–H groups in total. The fourth-order valence-corrected chi connectivity index (χ4v) is 1.44.